The number of phenols is 2. The van der Waals surface area contributed by atoms with E-state index in [4.69, 9.17) is 11.5 Å². The predicted molar refractivity (Wildman–Crippen MR) is 142 cm³/mol. The highest BCUT2D eigenvalue weighted by atomic mass is 16.4. The van der Waals surface area contributed by atoms with Crippen molar-refractivity contribution < 1.29 is 39.3 Å². The average Bonchev–Trinajstić information content (AvgIpc) is 3.40. The molecular weight excluding hydrogens is 522 g/mol. The van der Waals surface area contributed by atoms with Gasteiger partial charge in [0.1, 0.15) is 29.6 Å². The van der Waals surface area contributed by atoms with Gasteiger partial charge in [-0.25, -0.2) is 4.79 Å². The number of rotatable bonds is 12. The van der Waals surface area contributed by atoms with Crippen LogP contribution >= 0.6 is 0 Å². The van der Waals surface area contributed by atoms with E-state index in [1.807, 2.05) is 0 Å². The molecular formula is C27H33N5O8. The molecule has 1 saturated heterocycles. The van der Waals surface area contributed by atoms with Crippen molar-refractivity contribution in [3.8, 4) is 11.5 Å². The minimum absolute atomic E-state index is 0.0202. The fourth-order valence-corrected chi connectivity index (χ4v) is 4.50. The Hall–Kier alpha value is -4.65. The molecule has 0 saturated carbocycles. The lowest BCUT2D eigenvalue weighted by atomic mass is 10.0. The molecule has 3 rings (SSSR count). The first-order valence-electron chi connectivity index (χ1n) is 12.7. The second-order valence-corrected chi connectivity index (χ2v) is 9.67. The van der Waals surface area contributed by atoms with Crippen molar-refractivity contribution in [2.45, 2.75) is 56.3 Å². The zero-order valence-corrected chi connectivity index (χ0v) is 21.7. The number of nitrogens with one attached hydrogen (secondary N) is 2. The number of nitrogens with two attached hydrogens (primary N) is 2. The summed E-state index contributed by atoms with van der Waals surface area (Å²) in [4.78, 5) is 63.7. The molecule has 13 heteroatoms. The maximum atomic E-state index is 13.7. The monoisotopic (exact) mass is 555 g/mol. The molecule has 1 aliphatic heterocycles. The fraction of sp³-hybridized carbons (Fsp3) is 0.370. The van der Waals surface area contributed by atoms with Gasteiger partial charge >= 0.3 is 5.97 Å². The van der Waals surface area contributed by atoms with Crippen LogP contribution in [0, 0.1) is 0 Å². The first-order valence-corrected chi connectivity index (χ1v) is 12.7. The fourth-order valence-electron chi connectivity index (χ4n) is 4.50. The number of primary amides is 1. The largest absolute Gasteiger partial charge is 0.508 e. The normalized spacial score (nSPS) is 16.9. The highest BCUT2D eigenvalue weighted by Crippen LogP contribution is 2.21. The Morgan fingerprint density at radius 3 is 1.95 bits per heavy atom. The molecule has 0 bridgehead atoms. The minimum atomic E-state index is -1.55. The second kappa shape index (κ2) is 13.4. The van der Waals surface area contributed by atoms with Gasteiger partial charge in [0.2, 0.25) is 23.6 Å². The number of carboxylic acid groups (broad SMARTS) is 1. The predicted octanol–water partition coefficient (Wildman–Crippen LogP) is -0.869. The molecule has 1 fully saturated rings. The zero-order valence-electron chi connectivity index (χ0n) is 21.7. The summed E-state index contributed by atoms with van der Waals surface area (Å²) in [6, 6.07) is 7.51. The summed E-state index contributed by atoms with van der Waals surface area (Å²) < 4.78 is 0. The summed E-state index contributed by atoms with van der Waals surface area (Å²) in [6.07, 6.45) is 0.261. The van der Waals surface area contributed by atoms with Crippen molar-refractivity contribution in [2.75, 3.05) is 6.54 Å². The van der Waals surface area contributed by atoms with Crippen LogP contribution in [0.4, 0.5) is 0 Å². The quantitative estimate of drug-likeness (QED) is 0.172. The lowest BCUT2D eigenvalue weighted by molar-refractivity contribution is -0.145. The van der Waals surface area contributed by atoms with Gasteiger partial charge < -0.3 is 42.3 Å². The number of aromatic hydroxyl groups is 2. The van der Waals surface area contributed by atoms with Crippen molar-refractivity contribution >= 4 is 29.6 Å². The summed E-state index contributed by atoms with van der Waals surface area (Å²) >= 11 is 0. The van der Waals surface area contributed by atoms with Gasteiger partial charge in [0.05, 0.1) is 12.5 Å². The van der Waals surface area contributed by atoms with E-state index >= 15 is 0 Å². The number of amides is 4. The van der Waals surface area contributed by atoms with E-state index in [0.29, 0.717) is 17.5 Å². The molecule has 214 valence electrons. The summed E-state index contributed by atoms with van der Waals surface area (Å²) in [5, 5.41) is 33.4. The van der Waals surface area contributed by atoms with Crippen LogP contribution in [0.3, 0.4) is 0 Å². The Morgan fingerprint density at radius 1 is 0.875 bits per heavy atom. The number of carbonyl (C=O) groups is 5. The average molecular weight is 556 g/mol. The second-order valence-electron chi connectivity index (χ2n) is 9.67. The van der Waals surface area contributed by atoms with Crippen LogP contribution in [0.5, 0.6) is 11.5 Å². The maximum absolute atomic E-state index is 13.7. The van der Waals surface area contributed by atoms with Gasteiger partial charge in [0.15, 0.2) is 0 Å². The molecule has 0 aliphatic carbocycles. The number of carbonyl (C=O) groups excluding carboxylic acids is 4. The Balaban J connectivity index is 1.78. The number of hydrogen-bond acceptors (Lipinski definition) is 8. The number of benzene rings is 2. The Kier molecular flexibility index (Phi) is 10.0. The van der Waals surface area contributed by atoms with Crippen molar-refractivity contribution in [1.29, 1.82) is 0 Å². The van der Waals surface area contributed by atoms with E-state index in [0.717, 1.165) is 0 Å². The molecule has 2 aromatic carbocycles. The number of nitrogens with zero attached hydrogens (tertiary/aromatic N) is 1. The third kappa shape index (κ3) is 8.17. The van der Waals surface area contributed by atoms with Crippen molar-refractivity contribution in [1.82, 2.24) is 15.5 Å². The van der Waals surface area contributed by atoms with E-state index in [1.165, 1.54) is 29.2 Å². The lowest BCUT2D eigenvalue weighted by Crippen LogP contribution is -2.57. The first kappa shape index (κ1) is 29.9. The van der Waals surface area contributed by atoms with E-state index < -0.39 is 60.2 Å². The number of likely N-dealkylation sites (tertiary alicyclic amines) is 1. The van der Waals surface area contributed by atoms with Crippen LogP contribution in [-0.2, 0) is 36.8 Å². The van der Waals surface area contributed by atoms with Gasteiger partial charge in [0, 0.05) is 13.0 Å². The van der Waals surface area contributed by atoms with Gasteiger partial charge in [-0.15, -0.1) is 0 Å². The third-order valence-corrected chi connectivity index (χ3v) is 6.58. The van der Waals surface area contributed by atoms with E-state index in [1.54, 1.807) is 24.3 Å². The Labute approximate surface area is 230 Å². The summed E-state index contributed by atoms with van der Waals surface area (Å²) in [5.74, 6) is -4.20. The van der Waals surface area contributed by atoms with Crippen LogP contribution in [-0.4, -0.2) is 80.5 Å². The molecule has 2 aromatic rings. The SMILES string of the molecule is NC(=O)CC(NC(=O)C1CCCN1C(=O)C(Cc1ccc(O)cc1)NC(=O)C(N)Cc1ccc(O)cc1)C(=O)O. The van der Waals surface area contributed by atoms with Gasteiger partial charge in [-0.3, -0.25) is 19.2 Å². The van der Waals surface area contributed by atoms with Crippen LogP contribution in [0.1, 0.15) is 30.4 Å². The third-order valence-electron chi connectivity index (χ3n) is 6.58. The standard InChI is InChI=1S/C27H33N5O8/c28-19(12-15-3-7-17(33)8-4-15)24(36)30-20(13-16-5-9-18(34)10-6-16)26(38)32-11-1-2-22(32)25(37)31-21(27(39)40)14-23(29)35/h3-10,19-22,33-34H,1-2,11-14,28H2,(H2,29,35)(H,30,36)(H,31,37)(H,39,40). The number of aliphatic carboxylic acids is 1. The lowest BCUT2D eigenvalue weighted by Gasteiger charge is -2.30. The van der Waals surface area contributed by atoms with Crippen LogP contribution in [0.2, 0.25) is 0 Å². The number of carboxylic acids is 1. The molecule has 0 spiro atoms. The summed E-state index contributed by atoms with van der Waals surface area (Å²) in [5.41, 5.74) is 12.5. The molecule has 9 N–H and O–H groups in total. The number of hydrogen-bond donors (Lipinski definition) is 7. The van der Waals surface area contributed by atoms with Crippen LogP contribution in [0.25, 0.3) is 0 Å². The topological polar surface area (TPSA) is 225 Å². The molecule has 4 amide bonds. The maximum Gasteiger partial charge on any atom is 0.326 e. The number of phenolic OH excluding ortho intramolecular Hbond substituents is 2. The molecule has 4 unspecified atom stereocenters. The molecule has 40 heavy (non-hydrogen) atoms. The molecule has 1 aliphatic rings. The zero-order chi connectivity index (χ0) is 29.4. The van der Waals surface area contributed by atoms with Gasteiger partial charge in [0.25, 0.3) is 0 Å². The Morgan fingerprint density at radius 2 is 1.43 bits per heavy atom. The Bertz CT molecular complexity index is 1230. The smallest absolute Gasteiger partial charge is 0.326 e. The van der Waals surface area contributed by atoms with Crippen LogP contribution in [0.15, 0.2) is 48.5 Å². The van der Waals surface area contributed by atoms with Gasteiger partial charge in [-0.1, -0.05) is 24.3 Å². The van der Waals surface area contributed by atoms with Crippen molar-refractivity contribution in [3.63, 3.8) is 0 Å². The summed E-state index contributed by atoms with van der Waals surface area (Å²) in [7, 11) is 0. The van der Waals surface area contributed by atoms with E-state index in [9.17, 15) is 39.3 Å². The van der Waals surface area contributed by atoms with Gasteiger partial charge in [-0.2, -0.15) is 0 Å². The highest BCUT2D eigenvalue weighted by molar-refractivity contribution is 5.95. The molecule has 4 atom stereocenters. The molecule has 0 radical (unpaired) electrons. The molecule has 13 nitrogen and oxygen atoms in total. The van der Waals surface area contributed by atoms with E-state index in [-0.39, 0.29) is 37.3 Å². The van der Waals surface area contributed by atoms with Crippen molar-refractivity contribution in [3.05, 3.63) is 59.7 Å². The highest BCUT2D eigenvalue weighted by Gasteiger charge is 2.39. The summed E-state index contributed by atoms with van der Waals surface area (Å²) in [6.45, 7) is 0.186. The molecule has 1 heterocycles. The van der Waals surface area contributed by atoms with E-state index in [2.05, 4.69) is 10.6 Å². The van der Waals surface area contributed by atoms with Crippen LogP contribution < -0.4 is 22.1 Å². The van der Waals surface area contributed by atoms with Gasteiger partial charge in [-0.05, 0) is 54.7 Å². The van der Waals surface area contributed by atoms with Crippen molar-refractivity contribution in [2.24, 2.45) is 11.5 Å². The first-order chi connectivity index (χ1) is 18.9. The molecule has 0 aromatic heterocycles. The minimum Gasteiger partial charge on any atom is -0.508 e.